The first-order valence-corrected chi connectivity index (χ1v) is 28.3. The molecule has 0 aliphatic heterocycles. The zero-order valence-corrected chi connectivity index (χ0v) is 42.6. The van der Waals surface area contributed by atoms with Crippen LogP contribution >= 0.6 is 0 Å². The third kappa shape index (κ3) is 6.74. The van der Waals surface area contributed by atoms with Crippen molar-refractivity contribution in [3.05, 3.63) is 297 Å². The van der Waals surface area contributed by atoms with Gasteiger partial charge in [0.15, 0.2) is 8.07 Å². The lowest BCUT2D eigenvalue weighted by molar-refractivity contribution is 1.13. The predicted molar refractivity (Wildman–Crippen MR) is 324 cm³/mol. The van der Waals surface area contributed by atoms with Crippen molar-refractivity contribution >= 4 is 94.2 Å². The number of para-hydroxylation sites is 3. The Morgan fingerprint density at radius 2 is 0.645 bits per heavy atom. The number of benzene rings is 12. The summed E-state index contributed by atoms with van der Waals surface area (Å²) >= 11 is 0. The van der Waals surface area contributed by atoms with Gasteiger partial charge in [0.25, 0.3) is 0 Å². The van der Waals surface area contributed by atoms with Crippen molar-refractivity contribution < 1.29 is 0 Å². The van der Waals surface area contributed by atoms with Gasteiger partial charge in [-0.2, -0.15) is 0 Å². The Labute approximate surface area is 442 Å². The van der Waals surface area contributed by atoms with Crippen molar-refractivity contribution in [1.82, 2.24) is 13.7 Å². The number of rotatable bonds is 9. The van der Waals surface area contributed by atoms with E-state index in [0.29, 0.717) is 0 Å². The third-order valence-electron chi connectivity index (χ3n) is 15.9. The molecule has 0 spiro atoms. The van der Waals surface area contributed by atoms with Crippen LogP contribution in [0, 0.1) is 0 Å². The minimum atomic E-state index is -2.91. The molecule has 0 saturated heterocycles. The second-order valence-corrected chi connectivity index (χ2v) is 23.8. The van der Waals surface area contributed by atoms with E-state index in [1.165, 1.54) is 91.8 Å². The largest absolute Gasteiger partial charge is 0.309 e. The minimum Gasteiger partial charge on any atom is -0.309 e. The summed E-state index contributed by atoms with van der Waals surface area (Å²) in [5.41, 5.74) is 15.1. The molecule has 4 heteroatoms. The predicted octanol–water partition coefficient (Wildman–Crippen LogP) is 15.7. The van der Waals surface area contributed by atoms with Crippen LogP contribution in [0.4, 0.5) is 0 Å². The van der Waals surface area contributed by atoms with Gasteiger partial charge in [0.05, 0.1) is 38.8 Å². The first kappa shape index (κ1) is 43.8. The van der Waals surface area contributed by atoms with Crippen LogP contribution in [0.2, 0.25) is 0 Å². The fourth-order valence-corrected chi connectivity index (χ4v) is 17.5. The van der Waals surface area contributed by atoms with E-state index in [-0.39, 0.29) is 0 Å². The van der Waals surface area contributed by atoms with E-state index < -0.39 is 8.07 Å². The summed E-state index contributed by atoms with van der Waals surface area (Å²) in [7, 11) is -2.91. The SMILES string of the molecule is c1ccc(-c2cc(-n3c4ccccc4c4ccccc43)cc(-n3c4ccccc4c4c(-n5c6ccc(-c7ccccc7)cc6c6ccc([Si](c7ccccc7)(c7ccccc7)c7ccccc7)cc65)cccc43)c2)cc1. The molecule has 12 aromatic carbocycles. The van der Waals surface area contributed by atoms with E-state index >= 15 is 0 Å². The van der Waals surface area contributed by atoms with Gasteiger partial charge in [-0.05, 0) is 110 Å². The van der Waals surface area contributed by atoms with Crippen molar-refractivity contribution in [1.29, 1.82) is 0 Å². The smallest absolute Gasteiger partial charge is 0.179 e. The summed E-state index contributed by atoms with van der Waals surface area (Å²) in [5, 5.41) is 12.7. The summed E-state index contributed by atoms with van der Waals surface area (Å²) < 4.78 is 7.53. The highest BCUT2D eigenvalue weighted by atomic mass is 28.3. The van der Waals surface area contributed by atoms with Crippen LogP contribution in [-0.4, -0.2) is 21.8 Å². The maximum absolute atomic E-state index is 2.91. The van der Waals surface area contributed by atoms with E-state index in [1.807, 2.05) is 0 Å². The molecular weight excluding hydrogens is 935 g/mol. The van der Waals surface area contributed by atoms with Gasteiger partial charge in [-0.15, -0.1) is 0 Å². The molecule has 0 aliphatic rings. The van der Waals surface area contributed by atoms with Crippen molar-refractivity contribution in [3.63, 3.8) is 0 Å². The van der Waals surface area contributed by atoms with E-state index in [9.17, 15) is 0 Å². The molecule has 76 heavy (non-hydrogen) atoms. The van der Waals surface area contributed by atoms with Gasteiger partial charge >= 0.3 is 0 Å². The molecule has 0 bridgehead atoms. The van der Waals surface area contributed by atoms with Crippen molar-refractivity contribution in [2.45, 2.75) is 0 Å². The molecule has 3 heterocycles. The van der Waals surface area contributed by atoms with E-state index in [1.54, 1.807) is 0 Å². The van der Waals surface area contributed by atoms with E-state index in [0.717, 1.165) is 33.7 Å². The third-order valence-corrected chi connectivity index (χ3v) is 20.7. The number of nitrogens with zero attached hydrogens (tertiary/aromatic N) is 3. The first-order chi connectivity index (χ1) is 37.7. The quantitative estimate of drug-likeness (QED) is 0.101. The molecule has 0 atom stereocenters. The summed E-state index contributed by atoms with van der Waals surface area (Å²) in [4.78, 5) is 0. The second kappa shape index (κ2) is 17.7. The highest BCUT2D eigenvalue weighted by molar-refractivity contribution is 7.20. The van der Waals surface area contributed by atoms with Gasteiger partial charge in [0, 0.05) is 43.7 Å². The first-order valence-electron chi connectivity index (χ1n) is 26.3. The molecule has 0 N–H and O–H groups in total. The van der Waals surface area contributed by atoms with Crippen LogP contribution in [0.25, 0.3) is 105 Å². The van der Waals surface area contributed by atoms with Crippen LogP contribution in [-0.2, 0) is 0 Å². The Hall–Kier alpha value is -9.74. The Morgan fingerprint density at radius 1 is 0.211 bits per heavy atom. The maximum atomic E-state index is 2.58. The van der Waals surface area contributed by atoms with Gasteiger partial charge in [-0.3, -0.25) is 0 Å². The topological polar surface area (TPSA) is 14.8 Å². The molecule has 15 rings (SSSR count). The van der Waals surface area contributed by atoms with E-state index in [2.05, 4.69) is 311 Å². The van der Waals surface area contributed by atoms with Crippen LogP contribution in [0.5, 0.6) is 0 Å². The molecule has 3 nitrogen and oxygen atoms in total. The lowest BCUT2D eigenvalue weighted by atomic mass is 10.0. The lowest BCUT2D eigenvalue weighted by Gasteiger charge is -2.34. The Balaban J connectivity index is 1.04. The van der Waals surface area contributed by atoms with Gasteiger partial charge in [0.1, 0.15) is 0 Å². The molecule has 0 amide bonds. The van der Waals surface area contributed by atoms with Crippen molar-refractivity contribution in [2.24, 2.45) is 0 Å². The number of fused-ring (bicyclic) bond motifs is 9. The van der Waals surface area contributed by atoms with Gasteiger partial charge in [-0.1, -0.05) is 231 Å². The standard InChI is InChI=1S/C72H49N3Si/c1-6-23-50(24-7-1)52-41-44-68-64(47-52)62-43-42-59(76(56-27-10-3-11-28-56,57-29-12-4-13-30-57)58-31-14-5-15-32-58)49-71(62)75(68)70-40-22-39-69-72(70)63-35-18-21-38-67(63)74(69)55-46-53(51-25-8-2-9-26-51)45-54(48-55)73-65-36-19-16-33-60(65)61-34-17-20-37-66(61)73/h1-49H. The fourth-order valence-electron chi connectivity index (χ4n) is 12.7. The molecule has 0 saturated carbocycles. The van der Waals surface area contributed by atoms with Gasteiger partial charge < -0.3 is 13.7 Å². The van der Waals surface area contributed by atoms with Crippen molar-refractivity contribution in [3.8, 4) is 39.3 Å². The molecule has 0 aliphatic carbocycles. The Morgan fingerprint density at radius 3 is 1.21 bits per heavy atom. The minimum absolute atomic E-state index is 1.10. The average Bonchev–Trinajstić information content (AvgIpc) is 4.21. The summed E-state index contributed by atoms with van der Waals surface area (Å²) in [6, 6.07) is 111. The molecular formula is C72H49N3Si. The van der Waals surface area contributed by atoms with Gasteiger partial charge in [-0.25, -0.2) is 0 Å². The number of hydrogen-bond donors (Lipinski definition) is 0. The number of aromatic nitrogens is 3. The number of hydrogen-bond acceptors (Lipinski definition) is 0. The van der Waals surface area contributed by atoms with E-state index in [4.69, 9.17) is 0 Å². The van der Waals surface area contributed by atoms with Crippen LogP contribution in [0.1, 0.15) is 0 Å². The lowest BCUT2D eigenvalue weighted by Crippen LogP contribution is -2.74. The monoisotopic (exact) mass is 983 g/mol. The Kier molecular flexibility index (Phi) is 10.2. The molecule has 0 radical (unpaired) electrons. The Bertz CT molecular complexity index is 4520. The molecule has 15 aromatic rings. The zero-order valence-electron chi connectivity index (χ0n) is 41.6. The highest BCUT2D eigenvalue weighted by Gasteiger charge is 2.41. The fraction of sp³-hybridized carbons (Fsp3) is 0. The van der Waals surface area contributed by atoms with Crippen LogP contribution in [0.3, 0.4) is 0 Å². The summed E-state index contributed by atoms with van der Waals surface area (Å²) in [6.07, 6.45) is 0. The summed E-state index contributed by atoms with van der Waals surface area (Å²) in [5.74, 6) is 0. The normalized spacial score (nSPS) is 11.9. The zero-order chi connectivity index (χ0) is 50.2. The highest BCUT2D eigenvalue weighted by Crippen LogP contribution is 2.42. The summed E-state index contributed by atoms with van der Waals surface area (Å²) in [6.45, 7) is 0. The second-order valence-electron chi connectivity index (χ2n) is 20.0. The molecule has 3 aromatic heterocycles. The van der Waals surface area contributed by atoms with Crippen LogP contribution < -0.4 is 20.7 Å². The van der Waals surface area contributed by atoms with Crippen LogP contribution in [0.15, 0.2) is 297 Å². The molecule has 356 valence electrons. The maximum Gasteiger partial charge on any atom is 0.179 e. The van der Waals surface area contributed by atoms with Crippen molar-refractivity contribution in [2.75, 3.05) is 0 Å². The molecule has 0 unspecified atom stereocenters. The molecule has 0 fully saturated rings. The van der Waals surface area contributed by atoms with Gasteiger partial charge in [0.2, 0.25) is 0 Å². The average molecular weight is 984 g/mol.